The monoisotopic (exact) mass is 455 g/mol. The third-order valence-corrected chi connectivity index (χ3v) is 5.05. The van der Waals surface area contributed by atoms with Crippen molar-refractivity contribution in [2.75, 3.05) is 6.61 Å². The molecule has 1 saturated heterocycles. The Hall–Kier alpha value is -2.17. The van der Waals surface area contributed by atoms with Gasteiger partial charge in [0.25, 0.3) is 0 Å². The van der Waals surface area contributed by atoms with Crippen LogP contribution in [0, 0.1) is 0 Å². The molecule has 0 bridgehead atoms. The molecule has 0 aromatic rings. The Morgan fingerprint density at radius 3 is 1.81 bits per heavy atom. The van der Waals surface area contributed by atoms with Crippen LogP contribution in [0.1, 0.15) is 27.7 Å². The van der Waals surface area contributed by atoms with Crippen molar-refractivity contribution in [3.05, 3.63) is 0 Å². The van der Waals surface area contributed by atoms with E-state index in [4.69, 9.17) is 34.8 Å². The van der Waals surface area contributed by atoms with Gasteiger partial charge in [-0.15, -0.1) is 0 Å². The van der Waals surface area contributed by atoms with Crippen molar-refractivity contribution in [2.45, 2.75) is 57.1 Å². The topological polar surface area (TPSA) is 166 Å². The zero-order chi connectivity index (χ0) is 20.7. The molecule has 0 aromatic carbocycles. The van der Waals surface area contributed by atoms with E-state index in [1.54, 1.807) is 0 Å². The van der Waals surface area contributed by atoms with Gasteiger partial charge in [0.15, 0.2) is 0 Å². The van der Waals surface area contributed by atoms with E-state index < -0.39 is 68.3 Å². The molecule has 11 nitrogen and oxygen atoms in total. The second-order valence-corrected chi connectivity index (χ2v) is 8.05. The van der Waals surface area contributed by atoms with Crippen molar-refractivity contribution in [1.82, 2.24) is 0 Å². The average molecular weight is 454 g/mol. The van der Waals surface area contributed by atoms with E-state index in [1.165, 1.54) is 6.92 Å². The third-order valence-electron chi connectivity index (χ3n) is 3.20. The SMILES string of the molecule is CC(=O)OC[C@H]1O[C@@H]([Se]C(N)=[NH2+])[C@H](OC(C)=O)[C@@H](OC(C)=O)[C@@H]1OC(C)=O. The molecular weight excluding hydrogens is 431 g/mol. The molecule has 152 valence electrons. The molecular formula is C15H23N2O9Se+. The number of hydrogen-bond donors (Lipinski definition) is 2. The number of hydrogen-bond acceptors (Lipinski definition) is 9. The summed E-state index contributed by atoms with van der Waals surface area (Å²) in [6.45, 7) is 4.37. The second-order valence-electron chi connectivity index (χ2n) is 5.59. The van der Waals surface area contributed by atoms with Crippen LogP contribution in [0.5, 0.6) is 0 Å². The summed E-state index contributed by atoms with van der Waals surface area (Å²) in [5.74, 6) is -2.64. The van der Waals surface area contributed by atoms with Crippen LogP contribution >= 0.6 is 0 Å². The first-order valence-electron chi connectivity index (χ1n) is 7.86. The Labute approximate surface area is 161 Å². The van der Waals surface area contributed by atoms with Gasteiger partial charge in [0.2, 0.25) is 0 Å². The summed E-state index contributed by atoms with van der Waals surface area (Å²) in [6, 6.07) is 0. The Balaban J connectivity index is 3.29. The number of carbonyl (C=O) groups is 4. The average Bonchev–Trinajstić information content (AvgIpc) is 2.49. The van der Waals surface area contributed by atoms with Crippen LogP contribution in [0.15, 0.2) is 0 Å². The number of amidine groups is 1. The zero-order valence-corrected chi connectivity index (χ0v) is 17.0. The summed E-state index contributed by atoms with van der Waals surface area (Å²) in [6.07, 6.45) is -4.48. The minimum atomic E-state index is -1.20. The predicted octanol–water partition coefficient (Wildman–Crippen LogP) is -3.15. The number of rotatable bonds is 7. The summed E-state index contributed by atoms with van der Waals surface area (Å²) < 4.78 is 26.6. The van der Waals surface area contributed by atoms with E-state index in [-0.39, 0.29) is 11.3 Å². The van der Waals surface area contributed by atoms with Crippen molar-refractivity contribution >= 4 is 43.6 Å². The van der Waals surface area contributed by atoms with Gasteiger partial charge in [-0.3, -0.25) is 0 Å². The number of carbonyl (C=O) groups excluding carboxylic acids is 4. The fourth-order valence-corrected chi connectivity index (χ4v) is 4.12. The van der Waals surface area contributed by atoms with Crippen LogP contribution in [0.4, 0.5) is 0 Å². The van der Waals surface area contributed by atoms with Crippen LogP contribution in [0.3, 0.4) is 0 Å². The van der Waals surface area contributed by atoms with Gasteiger partial charge in [0.1, 0.15) is 0 Å². The normalized spacial score (nSPS) is 27.2. The number of esters is 4. The minimum absolute atomic E-state index is 0.0448. The molecule has 5 atom stereocenters. The van der Waals surface area contributed by atoms with Crippen LogP contribution in [-0.2, 0) is 42.9 Å². The van der Waals surface area contributed by atoms with Crippen molar-refractivity contribution in [3.63, 3.8) is 0 Å². The van der Waals surface area contributed by atoms with Crippen molar-refractivity contribution in [2.24, 2.45) is 5.73 Å². The molecule has 1 aliphatic rings. The summed E-state index contributed by atoms with van der Waals surface area (Å²) in [5, 5.41) is 4.71. The fraction of sp³-hybridized carbons (Fsp3) is 0.667. The molecule has 1 rings (SSSR count). The summed E-state index contributed by atoms with van der Waals surface area (Å²) in [4.78, 5) is 45.8. The van der Waals surface area contributed by atoms with Crippen LogP contribution in [0.25, 0.3) is 0 Å². The van der Waals surface area contributed by atoms with E-state index in [0.29, 0.717) is 0 Å². The first-order chi connectivity index (χ1) is 12.5. The Morgan fingerprint density at radius 1 is 0.889 bits per heavy atom. The molecule has 0 amide bonds. The molecule has 27 heavy (non-hydrogen) atoms. The molecule has 0 saturated carbocycles. The summed E-state index contributed by atoms with van der Waals surface area (Å²) >= 11 is -0.686. The quantitative estimate of drug-likeness (QED) is 0.132. The van der Waals surface area contributed by atoms with E-state index >= 15 is 0 Å². The second kappa shape index (κ2) is 10.2. The molecule has 0 aliphatic carbocycles. The maximum absolute atomic E-state index is 11.6. The van der Waals surface area contributed by atoms with Gasteiger partial charge in [-0.1, -0.05) is 0 Å². The standard InChI is InChI=1S/C15H22N2O9Se/c1-6(18)22-5-10-11(23-7(2)19)12(24-8(3)20)13(25-9(4)21)14(26-10)27-15(16)17/h10-14H,5H2,1-4H3,(H3,16,17)/p+1/t10-,11-,12+,13-,14+/m1/s1. The first-order valence-corrected chi connectivity index (χ1v) is 9.70. The van der Waals surface area contributed by atoms with Gasteiger partial charge in [-0.05, 0) is 0 Å². The molecule has 0 aromatic heterocycles. The molecule has 0 radical (unpaired) electrons. The first kappa shape index (κ1) is 22.9. The van der Waals surface area contributed by atoms with Gasteiger partial charge < -0.3 is 0 Å². The summed E-state index contributed by atoms with van der Waals surface area (Å²) in [5.41, 5.74) is 5.57. The molecule has 1 heterocycles. The molecule has 4 N–H and O–H groups in total. The van der Waals surface area contributed by atoms with Crippen LogP contribution in [-0.4, -0.2) is 79.6 Å². The molecule has 12 heteroatoms. The Kier molecular flexibility index (Phi) is 8.67. The molecule has 0 spiro atoms. The van der Waals surface area contributed by atoms with Crippen molar-refractivity contribution < 1.29 is 48.3 Å². The van der Waals surface area contributed by atoms with E-state index in [2.05, 4.69) is 0 Å². The Morgan fingerprint density at radius 2 is 1.37 bits per heavy atom. The fourth-order valence-electron chi connectivity index (χ4n) is 2.42. The van der Waals surface area contributed by atoms with E-state index in [9.17, 15) is 19.2 Å². The molecule has 0 unspecified atom stereocenters. The van der Waals surface area contributed by atoms with Crippen molar-refractivity contribution in [1.29, 1.82) is 0 Å². The van der Waals surface area contributed by atoms with E-state index in [0.717, 1.165) is 20.8 Å². The third kappa shape index (κ3) is 7.53. The number of nitrogens with two attached hydrogens (primary N) is 2. The van der Waals surface area contributed by atoms with E-state index in [1.807, 2.05) is 0 Å². The van der Waals surface area contributed by atoms with Crippen LogP contribution in [0.2, 0.25) is 0 Å². The molecule has 1 fully saturated rings. The van der Waals surface area contributed by atoms with Gasteiger partial charge in [0.05, 0.1) is 0 Å². The summed E-state index contributed by atoms with van der Waals surface area (Å²) in [7, 11) is 0. The Bertz CT molecular complexity index is 612. The predicted molar refractivity (Wildman–Crippen MR) is 88.8 cm³/mol. The number of ether oxygens (including phenoxy) is 5. The molecule has 1 aliphatic heterocycles. The van der Waals surface area contributed by atoms with Gasteiger partial charge in [-0.2, -0.15) is 0 Å². The van der Waals surface area contributed by atoms with Gasteiger partial charge in [0, 0.05) is 0 Å². The van der Waals surface area contributed by atoms with Crippen molar-refractivity contribution in [3.8, 4) is 0 Å². The van der Waals surface area contributed by atoms with Crippen LogP contribution < -0.4 is 11.1 Å². The van der Waals surface area contributed by atoms with Gasteiger partial charge in [-0.25, -0.2) is 0 Å². The van der Waals surface area contributed by atoms with Gasteiger partial charge >= 0.3 is 161 Å². The maximum atomic E-state index is 11.6. The zero-order valence-electron chi connectivity index (χ0n) is 15.3.